The Morgan fingerprint density at radius 3 is 1.83 bits per heavy atom. The second-order valence-corrected chi connectivity index (χ2v) is 10.0. The molecule has 1 amide bonds. The molecule has 0 aromatic heterocycles. The summed E-state index contributed by atoms with van der Waals surface area (Å²) in [6, 6.07) is 32.9. The molecule has 0 saturated carbocycles. The van der Waals surface area contributed by atoms with Crippen molar-refractivity contribution in [3.05, 3.63) is 126 Å². The summed E-state index contributed by atoms with van der Waals surface area (Å²) >= 11 is 0. The molecular formula is C28H26NO6P. The van der Waals surface area contributed by atoms with E-state index in [1.54, 1.807) is 72.8 Å². The average Bonchev–Trinajstić information content (AvgIpc) is 2.89. The van der Waals surface area contributed by atoms with Crippen LogP contribution >= 0.6 is 7.60 Å². The summed E-state index contributed by atoms with van der Waals surface area (Å²) in [6.07, 6.45) is -0.733. The molecule has 4 aromatic carbocycles. The van der Waals surface area contributed by atoms with E-state index in [-0.39, 0.29) is 18.8 Å². The predicted octanol–water partition coefficient (Wildman–Crippen LogP) is 6.54. The maximum absolute atomic E-state index is 14.4. The lowest BCUT2D eigenvalue weighted by atomic mass is 10.1. The molecular weight excluding hydrogens is 477 g/mol. The Morgan fingerprint density at radius 1 is 0.750 bits per heavy atom. The highest BCUT2D eigenvalue weighted by Crippen LogP contribution is 2.53. The van der Waals surface area contributed by atoms with E-state index < -0.39 is 19.5 Å². The van der Waals surface area contributed by atoms with Crippen molar-refractivity contribution in [3.8, 4) is 17.2 Å². The van der Waals surface area contributed by atoms with E-state index in [0.29, 0.717) is 17.1 Å². The van der Waals surface area contributed by atoms with Crippen LogP contribution in [0.3, 0.4) is 0 Å². The molecule has 2 N–H and O–H groups in total. The van der Waals surface area contributed by atoms with Crippen molar-refractivity contribution in [3.63, 3.8) is 0 Å². The lowest BCUT2D eigenvalue weighted by Gasteiger charge is -2.28. The van der Waals surface area contributed by atoms with Crippen LogP contribution < -0.4 is 14.4 Å². The summed E-state index contributed by atoms with van der Waals surface area (Å²) < 4.78 is 31.6. The van der Waals surface area contributed by atoms with Gasteiger partial charge in [-0.1, -0.05) is 78.9 Å². The highest BCUT2D eigenvalue weighted by atomic mass is 31.2. The third-order valence-corrected chi connectivity index (χ3v) is 7.18. The minimum Gasteiger partial charge on any atom is -0.508 e. The van der Waals surface area contributed by atoms with Crippen molar-refractivity contribution in [1.82, 2.24) is 5.32 Å². The largest absolute Gasteiger partial charge is 0.508 e. The fraction of sp³-hybridized carbons (Fsp3) is 0.107. The van der Waals surface area contributed by atoms with Gasteiger partial charge in [0.15, 0.2) is 5.78 Å². The van der Waals surface area contributed by atoms with Gasteiger partial charge in [0.25, 0.3) is 0 Å². The number of carbonyl (C=O) groups excluding carboxylic acids is 1. The lowest BCUT2D eigenvalue weighted by Crippen LogP contribution is -2.39. The normalized spacial score (nSPS) is 11.8. The van der Waals surface area contributed by atoms with Crippen LogP contribution in [0.25, 0.3) is 0 Å². The minimum atomic E-state index is -4.10. The van der Waals surface area contributed by atoms with Crippen molar-refractivity contribution >= 4 is 13.7 Å². The smallest absolute Gasteiger partial charge is 0.453 e. The van der Waals surface area contributed by atoms with Gasteiger partial charge in [-0.25, -0.2) is 9.36 Å². The second kappa shape index (κ2) is 12.0. The summed E-state index contributed by atoms with van der Waals surface area (Å²) in [5.41, 5.74) is 1.43. The summed E-state index contributed by atoms with van der Waals surface area (Å²) in [5, 5.41) is 12.6. The standard InChI is InChI=1S/C28H26NO6P/c30-24-14-10-13-23(19-24)20-27(29-28(31)33-21-22-11-4-1-5-12-22)36(32,34-25-15-6-2-7-16-25)35-26-17-8-3-9-18-26/h1-19,27,30H,20-21H2,(H,29,31). The molecule has 0 radical (unpaired) electrons. The zero-order valence-electron chi connectivity index (χ0n) is 19.4. The Bertz CT molecular complexity index is 1260. The maximum Gasteiger partial charge on any atom is 0.453 e. The molecule has 184 valence electrons. The van der Waals surface area contributed by atoms with Gasteiger partial charge in [0.1, 0.15) is 23.9 Å². The van der Waals surface area contributed by atoms with Gasteiger partial charge < -0.3 is 24.2 Å². The molecule has 7 nitrogen and oxygen atoms in total. The Kier molecular flexibility index (Phi) is 8.27. The van der Waals surface area contributed by atoms with Crippen molar-refractivity contribution in [1.29, 1.82) is 0 Å². The zero-order chi connectivity index (χ0) is 25.2. The van der Waals surface area contributed by atoms with Gasteiger partial charge in [0, 0.05) is 6.42 Å². The average molecular weight is 503 g/mol. The van der Waals surface area contributed by atoms with Crippen LogP contribution in [0, 0.1) is 0 Å². The second-order valence-electron chi connectivity index (χ2n) is 7.94. The highest BCUT2D eigenvalue weighted by molar-refractivity contribution is 7.55. The molecule has 1 atom stereocenters. The highest BCUT2D eigenvalue weighted by Gasteiger charge is 2.41. The first-order valence-electron chi connectivity index (χ1n) is 11.3. The summed E-state index contributed by atoms with van der Waals surface area (Å²) in [7, 11) is -4.10. The molecule has 0 aliphatic rings. The molecule has 0 heterocycles. The van der Waals surface area contributed by atoms with Gasteiger partial charge in [-0.3, -0.25) is 0 Å². The van der Waals surface area contributed by atoms with E-state index in [0.717, 1.165) is 5.56 Å². The maximum atomic E-state index is 14.4. The summed E-state index contributed by atoms with van der Waals surface area (Å²) in [4.78, 5) is 12.8. The van der Waals surface area contributed by atoms with Crippen LogP contribution in [-0.4, -0.2) is 17.0 Å². The van der Waals surface area contributed by atoms with E-state index in [1.165, 1.54) is 12.1 Å². The predicted molar refractivity (Wildman–Crippen MR) is 137 cm³/mol. The number of ether oxygens (including phenoxy) is 1. The van der Waals surface area contributed by atoms with Crippen molar-refractivity contribution < 1.29 is 28.3 Å². The number of hydrogen-bond acceptors (Lipinski definition) is 6. The first kappa shape index (κ1) is 24.9. The molecule has 0 bridgehead atoms. The number of phenols is 1. The summed E-state index contributed by atoms with van der Waals surface area (Å²) in [5.74, 6) is -0.460. The summed E-state index contributed by atoms with van der Waals surface area (Å²) in [6.45, 7) is 0.0366. The number of nitrogens with one attached hydrogen (secondary N) is 1. The fourth-order valence-corrected chi connectivity index (χ4v) is 5.27. The van der Waals surface area contributed by atoms with Gasteiger partial charge in [-0.15, -0.1) is 0 Å². The molecule has 0 spiro atoms. The Hall–Kier alpha value is -4.22. The monoisotopic (exact) mass is 503 g/mol. The van der Waals surface area contributed by atoms with Crippen molar-refractivity contribution in [2.45, 2.75) is 18.8 Å². The van der Waals surface area contributed by atoms with Crippen LogP contribution in [0.4, 0.5) is 4.79 Å². The number of phenolic OH excluding ortho intramolecular Hbond substituents is 1. The minimum absolute atomic E-state index is 0.0366. The topological polar surface area (TPSA) is 94.1 Å². The Labute approximate surface area is 209 Å². The molecule has 0 saturated heterocycles. The molecule has 0 aliphatic carbocycles. The van der Waals surface area contributed by atoms with Crippen molar-refractivity contribution in [2.75, 3.05) is 0 Å². The van der Waals surface area contributed by atoms with E-state index in [9.17, 15) is 14.5 Å². The molecule has 0 fully saturated rings. The number of amides is 1. The van der Waals surface area contributed by atoms with Gasteiger partial charge in [-0.2, -0.15) is 0 Å². The van der Waals surface area contributed by atoms with E-state index >= 15 is 0 Å². The number of aromatic hydroxyl groups is 1. The Morgan fingerprint density at radius 2 is 1.28 bits per heavy atom. The molecule has 36 heavy (non-hydrogen) atoms. The van der Waals surface area contributed by atoms with Gasteiger partial charge in [0.2, 0.25) is 0 Å². The zero-order valence-corrected chi connectivity index (χ0v) is 20.3. The third kappa shape index (κ3) is 7.14. The van der Waals surface area contributed by atoms with Crippen LogP contribution in [0.5, 0.6) is 17.2 Å². The molecule has 4 rings (SSSR count). The third-order valence-electron chi connectivity index (χ3n) is 5.17. The number of para-hydroxylation sites is 2. The number of benzene rings is 4. The Balaban J connectivity index is 1.63. The van der Waals surface area contributed by atoms with Gasteiger partial charge in [-0.05, 0) is 47.5 Å². The van der Waals surface area contributed by atoms with Gasteiger partial charge in [0.05, 0.1) is 0 Å². The first-order chi connectivity index (χ1) is 17.5. The number of rotatable bonds is 10. The fourth-order valence-electron chi connectivity index (χ4n) is 3.45. The van der Waals surface area contributed by atoms with E-state index in [2.05, 4.69) is 5.32 Å². The van der Waals surface area contributed by atoms with E-state index in [4.69, 9.17) is 13.8 Å². The SMILES string of the molecule is O=C(NC(Cc1cccc(O)c1)P(=O)(Oc1ccccc1)Oc1ccccc1)OCc1ccccc1. The first-order valence-corrected chi connectivity index (χ1v) is 13.0. The van der Waals surface area contributed by atoms with Gasteiger partial charge >= 0.3 is 13.7 Å². The van der Waals surface area contributed by atoms with Crippen molar-refractivity contribution in [2.24, 2.45) is 0 Å². The van der Waals surface area contributed by atoms with Crippen LogP contribution in [0.1, 0.15) is 11.1 Å². The lowest BCUT2D eigenvalue weighted by molar-refractivity contribution is 0.137. The quantitative estimate of drug-likeness (QED) is 0.239. The molecule has 8 heteroatoms. The van der Waals surface area contributed by atoms with Crippen LogP contribution in [0.15, 0.2) is 115 Å². The van der Waals surface area contributed by atoms with E-state index in [1.807, 2.05) is 30.3 Å². The molecule has 4 aromatic rings. The van der Waals surface area contributed by atoms with Crippen LogP contribution in [-0.2, 0) is 22.3 Å². The number of alkyl carbamates (subject to hydrolysis) is 1. The molecule has 0 aliphatic heterocycles. The number of hydrogen-bond donors (Lipinski definition) is 2. The number of carbonyl (C=O) groups is 1. The van der Waals surface area contributed by atoms with Crippen LogP contribution in [0.2, 0.25) is 0 Å². The molecule has 1 unspecified atom stereocenters.